The summed E-state index contributed by atoms with van der Waals surface area (Å²) in [4.78, 5) is 24.4. The summed E-state index contributed by atoms with van der Waals surface area (Å²) in [5, 5.41) is 8.46. The molecule has 9 heteroatoms. The van der Waals surface area contributed by atoms with Crippen molar-refractivity contribution in [1.82, 2.24) is 9.71 Å². The molecule has 0 radical (unpaired) electrons. The molecule has 0 atom stereocenters. The molecule has 4 N–H and O–H groups in total. The Kier molecular flexibility index (Phi) is 4.73. The minimum Gasteiger partial charge on any atom is -0.478 e. The molecule has 0 bridgehead atoms. The molecule has 1 amide bonds. The van der Waals surface area contributed by atoms with E-state index in [0.717, 1.165) is 12.3 Å². The normalized spacial score (nSPS) is 11.6. The molecule has 0 unspecified atom stereocenters. The average molecular weight is 285 g/mol. The number of amides is 1. The Labute approximate surface area is 109 Å². The number of pyridine rings is 1. The van der Waals surface area contributed by atoms with Crippen molar-refractivity contribution >= 4 is 28.0 Å². The van der Waals surface area contributed by atoms with Crippen LogP contribution in [0, 0.1) is 0 Å². The number of nitrogens with zero attached hydrogens (tertiary/aromatic N) is 1. The summed E-state index contributed by atoms with van der Waals surface area (Å²) < 4.78 is 25.4. The number of hydrogen-bond donors (Lipinski definition) is 3. The number of hydrogen-bond acceptors (Lipinski definition) is 5. The number of carboxylic acids is 1. The van der Waals surface area contributed by atoms with Gasteiger partial charge in [-0.2, -0.15) is 0 Å². The van der Waals surface area contributed by atoms with Crippen LogP contribution >= 0.6 is 0 Å². The van der Waals surface area contributed by atoms with Gasteiger partial charge in [-0.1, -0.05) is 0 Å². The molecule has 0 fully saturated rings. The standard InChI is InChI=1S/C10H11N3O5S/c11-9(14)6-13-19(17,18)8-3-7(4-12-5-8)1-2-10(15)16/h1-5,13H,6H2,(H2,11,14)(H,15,16). The number of aliphatic carboxylic acids is 1. The number of carboxylic acid groups (broad SMARTS) is 1. The second kappa shape index (κ2) is 6.07. The smallest absolute Gasteiger partial charge is 0.328 e. The van der Waals surface area contributed by atoms with Crippen LogP contribution in [0.15, 0.2) is 29.4 Å². The van der Waals surface area contributed by atoms with Gasteiger partial charge in [-0.05, 0) is 17.7 Å². The lowest BCUT2D eigenvalue weighted by Crippen LogP contribution is -2.33. The zero-order valence-electron chi connectivity index (χ0n) is 9.61. The number of nitrogens with one attached hydrogen (secondary N) is 1. The van der Waals surface area contributed by atoms with Gasteiger partial charge in [0, 0.05) is 18.5 Å². The third-order valence-corrected chi connectivity index (χ3v) is 3.27. The van der Waals surface area contributed by atoms with Gasteiger partial charge in [-0.15, -0.1) is 0 Å². The lowest BCUT2D eigenvalue weighted by molar-refractivity contribution is -0.131. The minimum atomic E-state index is -3.91. The Bertz CT molecular complexity index is 624. The number of rotatable bonds is 6. The van der Waals surface area contributed by atoms with Gasteiger partial charge >= 0.3 is 5.97 Å². The number of primary amides is 1. The molecule has 0 spiro atoms. The van der Waals surface area contributed by atoms with Crippen molar-refractivity contribution < 1.29 is 23.1 Å². The Morgan fingerprint density at radius 1 is 1.42 bits per heavy atom. The highest BCUT2D eigenvalue weighted by atomic mass is 32.2. The van der Waals surface area contributed by atoms with Crippen LogP contribution in [0.4, 0.5) is 0 Å². The quantitative estimate of drug-likeness (QED) is 0.569. The fraction of sp³-hybridized carbons (Fsp3) is 0.100. The van der Waals surface area contributed by atoms with Gasteiger partial charge in [0.2, 0.25) is 15.9 Å². The molecule has 1 heterocycles. The van der Waals surface area contributed by atoms with Gasteiger partial charge in [0.05, 0.1) is 6.54 Å². The van der Waals surface area contributed by atoms with Crippen molar-refractivity contribution in [1.29, 1.82) is 0 Å². The highest BCUT2D eigenvalue weighted by Gasteiger charge is 2.15. The maximum Gasteiger partial charge on any atom is 0.328 e. The fourth-order valence-electron chi connectivity index (χ4n) is 1.09. The molecule has 19 heavy (non-hydrogen) atoms. The van der Waals surface area contributed by atoms with Gasteiger partial charge in [-0.3, -0.25) is 9.78 Å². The molecule has 0 aromatic carbocycles. The van der Waals surface area contributed by atoms with Crippen LogP contribution in [0.1, 0.15) is 5.56 Å². The molecule has 1 rings (SSSR count). The van der Waals surface area contributed by atoms with Crippen molar-refractivity contribution in [3.63, 3.8) is 0 Å². The molecule has 1 aromatic rings. The van der Waals surface area contributed by atoms with Crippen LogP contribution in [0.25, 0.3) is 6.08 Å². The van der Waals surface area contributed by atoms with Crippen LogP contribution in [0.2, 0.25) is 0 Å². The molecule has 0 saturated carbocycles. The van der Waals surface area contributed by atoms with Gasteiger partial charge < -0.3 is 10.8 Å². The summed E-state index contributed by atoms with van der Waals surface area (Å²) in [6.07, 6.45) is 4.42. The summed E-state index contributed by atoms with van der Waals surface area (Å²) in [7, 11) is -3.91. The monoisotopic (exact) mass is 285 g/mol. The number of nitrogens with two attached hydrogens (primary N) is 1. The topological polar surface area (TPSA) is 139 Å². The maximum atomic E-state index is 11.7. The van der Waals surface area contributed by atoms with E-state index in [4.69, 9.17) is 10.8 Å². The summed E-state index contributed by atoms with van der Waals surface area (Å²) in [5.74, 6) is -1.99. The number of carbonyl (C=O) groups is 2. The van der Waals surface area contributed by atoms with Crippen molar-refractivity contribution in [3.8, 4) is 0 Å². The van der Waals surface area contributed by atoms with Gasteiger partial charge in [-0.25, -0.2) is 17.9 Å². The molecule has 0 aliphatic rings. The second-order valence-electron chi connectivity index (χ2n) is 3.42. The lowest BCUT2D eigenvalue weighted by Gasteiger charge is -2.04. The molecular weight excluding hydrogens is 274 g/mol. The van der Waals surface area contributed by atoms with Crippen molar-refractivity contribution in [2.75, 3.05) is 6.54 Å². The molecular formula is C10H11N3O5S. The maximum absolute atomic E-state index is 11.7. The van der Waals surface area contributed by atoms with E-state index in [0.29, 0.717) is 5.56 Å². The first-order valence-electron chi connectivity index (χ1n) is 4.95. The molecule has 0 aliphatic carbocycles. The first-order chi connectivity index (χ1) is 8.81. The summed E-state index contributed by atoms with van der Waals surface area (Å²) >= 11 is 0. The van der Waals surface area contributed by atoms with Gasteiger partial charge in [0.25, 0.3) is 0 Å². The van der Waals surface area contributed by atoms with Crippen molar-refractivity contribution in [2.45, 2.75) is 4.90 Å². The molecule has 8 nitrogen and oxygen atoms in total. The highest BCUT2D eigenvalue weighted by Crippen LogP contribution is 2.10. The zero-order valence-corrected chi connectivity index (χ0v) is 10.4. The number of aromatic nitrogens is 1. The third-order valence-electron chi connectivity index (χ3n) is 1.90. The molecule has 102 valence electrons. The Morgan fingerprint density at radius 2 is 2.11 bits per heavy atom. The van der Waals surface area contributed by atoms with Crippen molar-refractivity contribution in [2.24, 2.45) is 5.73 Å². The summed E-state index contributed by atoms with van der Waals surface area (Å²) in [6.45, 7) is -0.530. The van der Waals surface area contributed by atoms with E-state index < -0.39 is 28.4 Å². The Balaban J connectivity index is 2.98. The van der Waals surface area contributed by atoms with E-state index >= 15 is 0 Å². The predicted octanol–water partition coefficient (Wildman–Crippen LogP) is -1.06. The lowest BCUT2D eigenvalue weighted by atomic mass is 10.2. The predicted molar refractivity (Wildman–Crippen MR) is 65.3 cm³/mol. The van der Waals surface area contributed by atoms with Gasteiger partial charge in [0.15, 0.2) is 0 Å². The van der Waals surface area contributed by atoms with Crippen LogP contribution in [-0.2, 0) is 19.6 Å². The van der Waals surface area contributed by atoms with E-state index in [9.17, 15) is 18.0 Å². The largest absolute Gasteiger partial charge is 0.478 e. The van der Waals surface area contributed by atoms with Crippen LogP contribution < -0.4 is 10.5 Å². The van der Waals surface area contributed by atoms with Crippen molar-refractivity contribution in [3.05, 3.63) is 30.1 Å². The van der Waals surface area contributed by atoms with E-state index in [1.807, 2.05) is 4.72 Å². The minimum absolute atomic E-state index is 0.193. The number of sulfonamides is 1. The van der Waals surface area contributed by atoms with E-state index in [-0.39, 0.29) is 4.90 Å². The first-order valence-corrected chi connectivity index (χ1v) is 6.43. The Hall–Kier alpha value is -2.26. The third kappa shape index (κ3) is 4.85. The van der Waals surface area contributed by atoms with E-state index in [1.165, 1.54) is 18.3 Å². The van der Waals surface area contributed by atoms with Gasteiger partial charge in [0.1, 0.15) is 4.90 Å². The van der Waals surface area contributed by atoms with Crippen LogP contribution in [-0.4, -0.2) is 36.9 Å². The second-order valence-corrected chi connectivity index (χ2v) is 5.18. The summed E-state index contributed by atoms with van der Waals surface area (Å²) in [5.41, 5.74) is 5.13. The molecule has 1 aromatic heterocycles. The average Bonchev–Trinajstić information content (AvgIpc) is 2.34. The van der Waals surface area contributed by atoms with Crippen LogP contribution in [0.3, 0.4) is 0 Å². The van der Waals surface area contributed by atoms with E-state index in [2.05, 4.69) is 4.98 Å². The molecule has 0 aliphatic heterocycles. The first kappa shape index (κ1) is 14.8. The van der Waals surface area contributed by atoms with Crippen LogP contribution in [0.5, 0.6) is 0 Å². The highest BCUT2D eigenvalue weighted by molar-refractivity contribution is 7.89. The number of carbonyl (C=O) groups excluding carboxylic acids is 1. The SMILES string of the molecule is NC(=O)CNS(=O)(=O)c1cncc(C=CC(=O)O)c1. The fourth-order valence-corrected chi connectivity index (χ4v) is 2.08. The summed E-state index contributed by atoms with van der Waals surface area (Å²) in [6, 6.07) is 1.22. The zero-order chi connectivity index (χ0) is 14.5. The van der Waals surface area contributed by atoms with E-state index in [1.54, 1.807) is 0 Å². The Morgan fingerprint density at radius 3 is 2.68 bits per heavy atom. The molecule has 0 saturated heterocycles.